The van der Waals surface area contributed by atoms with Crippen molar-refractivity contribution in [2.24, 2.45) is 10.9 Å². The summed E-state index contributed by atoms with van der Waals surface area (Å²) in [5, 5.41) is 9.21. The lowest BCUT2D eigenvalue weighted by molar-refractivity contribution is -0.122. The molecule has 0 saturated heterocycles. The van der Waals surface area contributed by atoms with Crippen LogP contribution >= 0.6 is 24.0 Å². The van der Waals surface area contributed by atoms with E-state index in [4.69, 9.17) is 9.47 Å². The first-order chi connectivity index (χ1) is 11.7. The van der Waals surface area contributed by atoms with E-state index in [0.717, 1.165) is 24.3 Å². The van der Waals surface area contributed by atoms with Crippen LogP contribution in [0.15, 0.2) is 29.3 Å². The van der Waals surface area contributed by atoms with Gasteiger partial charge in [-0.25, -0.2) is 0 Å². The van der Waals surface area contributed by atoms with Gasteiger partial charge in [-0.1, -0.05) is 0 Å². The summed E-state index contributed by atoms with van der Waals surface area (Å²) < 4.78 is 10.7. The van der Waals surface area contributed by atoms with Gasteiger partial charge in [-0.2, -0.15) is 0 Å². The molecule has 1 aromatic carbocycles. The van der Waals surface area contributed by atoms with Gasteiger partial charge >= 0.3 is 0 Å². The fraction of sp³-hybridized carbons (Fsp3) is 0.529. The number of nitrogens with one attached hydrogen (secondary N) is 3. The lowest BCUT2D eigenvalue weighted by Crippen LogP contribution is -2.42. The van der Waals surface area contributed by atoms with E-state index in [9.17, 15) is 4.79 Å². The number of guanidine groups is 1. The highest BCUT2D eigenvalue weighted by Gasteiger charge is 2.28. The molecule has 0 spiro atoms. The van der Waals surface area contributed by atoms with Gasteiger partial charge in [0, 0.05) is 26.1 Å². The van der Waals surface area contributed by atoms with E-state index < -0.39 is 0 Å². The fourth-order valence-electron chi connectivity index (χ4n) is 2.09. The molecule has 0 aliphatic heterocycles. The van der Waals surface area contributed by atoms with E-state index in [-0.39, 0.29) is 35.8 Å². The van der Waals surface area contributed by atoms with Gasteiger partial charge in [0.15, 0.2) is 5.96 Å². The van der Waals surface area contributed by atoms with Crippen LogP contribution in [0.4, 0.5) is 0 Å². The van der Waals surface area contributed by atoms with Crippen LogP contribution < -0.4 is 25.4 Å². The number of carbonyl (C=O) groups is 1. The van der Waals surface area contributed by atoms with Gasteiger partial charge in [-0.15, -0.1) is 24.0 Å². The molecular formula is C17H27IN4O3. The molecule has 1 fully saturated rings. The SMILES string of the molecule is CN=C(NCCNC(=O)C1CC1)NCCOc1ccc(OC)cc1.I. The third kappa shape index (κ3) is 8.28. The maximum absolute atomic E-state index is 11.5. The van der Waals surface area contributed by atoms with Gasteiger partial charge in [0.05, 0.1) is 13.7 Å². The minimum absolute atomic E-state index is 0. The van der Waals surface area contributed by atoms with Gasteiger partial charge in [-0.3, -0.25) is 9.79 Å². The van der Waals surface area contributed by atoms with Gasteiger partial charge in [0.25, 0.3) is 0 Å². The topological polar surface area (TPSA) is 84.0 Å². The Bertz CT molecular complexity index is 547. The maximum Gasteiger partial charge on any atom is 0.223 e. The molecule has 7 nitrogen and oxygen atoms in total. The van der Waals surface area contributed by atoms with Crippen molar-refractivity contribution in [3.05, 3.63) is 24.3 Å². The lowest BCUT2D eigenvalue weighted by Gasteiger charge is -2.13. The molecule has 1 aliphatic carbocycles. The number of aliphatic imine (C=N–C) groups is 1. The number of carbonyl (C=O) groups excluding carboxylic acids is 1. The highest BCUT2D eigenvalue weighted by atomic mass is 127. The Morgan fingerprint density at radius 1 is 1.08 bits per heavy atom. The summed E-state index contributed by atoms with van der Waals surface area (Å²) >= 11 is 0. The number of hydrogen-bond donors (Lipinski definition) is 3. The molecule has 8 heteroatoms. The minimum Gasteiger partial charge on any atom is -0.497 e. The zero-order valence-corrected chi connectivity index (χ0v) is 17.0. The summed E-state index contributed by atoms with van der Waals surface area (Å²) in [5.41, 5.74) is 0. The van der Waals surface area contributed by atoms with E-state index in [1.165, 1.54) is 0 Å². The smallest absolute Gasteiger partial charge is 0.223 e. The van der Waals surface area contributed by atoms with E-state index in [2.05, 4.69) is 20.9 Å². The molecule has 0 aromatic heterocycles. The maximum atomic E-state index is 11.5. The van der Waals surface area contributed by atoms with Crippen molar-refractivity contribution >= 4 is 35.8 Å². The number of amides is 1. The van der Waals surface area contributed by atoms with Crippen LogP contribution in [0.1, 0.15) is 12.8 Å². The first kappa shape index (κ1) is 21.3. The normalized spacial score (nSPS) is 13.4. The minimum atomic E-state index is 0. The highest BCUT2D eigenvalue weighted by molar-refractivity contribution is 14.0. The van der Waals surface area contributed by atoms with Crippen LogP contribution in [-0.4, -0.2) is 52.3 Å². The third-order valence-electron chi connectivity index (χ3n) is 3.61. The Balaban J connectivity index is 0.00000312. The Morgan fingerprint density at radius 2 is 1.68 bits per heavy atom. The molecule has 1 saturated carbocycles. The van der Waals surface area contributed by atoms with Gasteiger partial charge in [-0.05, 0) is 37.1 Å². The number of hydrogen-bond acceptors (Lipinski definition) is 4. The second kappa shape index (κ2) is 11.8. The molecule has 140 valence electrons. The predicted molar refractivity (Wildman–Crippen MR) is 109 cm³/mol. The quantitative estimate of drug-likeness (QED) is 0.224. The number of benzene rings is 1. The second-order valence-corrected chi connectivity index (χ2v) is 5.52. The van der Waals surface area contributed by atoms with Gasteiger partial charge < -0.3 is 25.4 Å². The average molecular weight is 462 g/mol. The summed E-state index contributed by atoms with van der Waals surface area (Å²) in [4.78, 5) is 15.6. The molecule has 0 unspecified atom stereocenters. The van der Waals surface area contributed by atoms with Crippen molar-refractivity contribution in [1.29, 1.82) is 0 Å². The summed E-state index contributed by atoms with van der Waals surface area (Å²) in [6.07, 6.45) is 2.05. The van der Waals surface area contributed by atoms with E-state index in [1.54, 1.807) is 14.2 Å². The van der Waals surface area contributed by atoms with Crippen LogP contribution in [-0.2, 0) is 4.79 Å². The van der Waals surface area contributed by atoms with E-state index in [1.807, 2.05) is 24.3 Å². The lowest BCUT2D eigenvalue weighted by atomic mass is 10.3. The molecule has 1 aliphatic rings. The molecule has 0 bridgehead atoms. The number of methoxy groups -OCH3 is 1. The molecule has 0 heterocycles. The number of ether oxygens (including phenoxy) is 2. The zero-order chi connectivity index (χ0) is 17.2. The summed E-state index contributed by atoms with van der Waals surface area (Å²) in [5.74, 6) is 2.70. The molecule has 1 aromatic rings. The molecule has 2 rings (SSSR count). The van der Waals surface area contributed by atoms with E-state index in [0.29, 0.717) is 32.2 Å². The van der Waals surface area contributed by atoms with Crippen molar-refractivity contribution in [1.82, 2.24) is 16.0 Å². The van der Waals surface area contributed by atoms with E-state index >= 15 is 0 Å². The summed E-state index contributed by atoms with van der Waals surface area (Å²) in [7, 11) is 3.35. The van der Waals surface area contributed by atoms with Gasteiger partial charge in [0.2, 0.25) is 5.91 Å². The Labute approximate surface area is 166 Å². The fourth-order valence-corrected chi connectivity index (χ4v) is 2.09. The Morgan fingerprint density at radius 3 is 2.28 bits per heavy atom. The van der Waals surface area contributed by atoms with Crippen LogP contribution in [0.2, 0.25) is 0 Å². The molecule has 1 amide bonds. The first-order valence-corrected chi connectivity index (χ1v) is 8.22. The van der Waals surface area contributed by atoms with Crippen molar-refractivity contribution in [3.8, 4) is 11.5 Å². The number of nitrogens with zero attached hydrogens (tertiary/aromatic N) is 1. The van der Waals surface area contributed by atoms with Crippen molar-refractivity contribution in [2.75, 3.05) is 40.4 Å². The third-order valence-corrected chi connectivity index (χ3v) is 3.61. The van der Waals surface area contributed by atoms with Crippen molar-refractivity contribution in [2.45, 2.75) is 12.8 Å². The van der Waals surface area contributed by atoms with Crippen molar-refractivity contribution in [3.63, 3.8) is 0 Å². The zero-order valence-electron chi connectivity index (χ0n) is 14.7. The molecule has 0 atom stereocenters. The first-order valence-electron chi connectivity index (χ1n) is 8.22. The van der Waals surface area contributed by atoms with Crippen LogP contribution in [0.25, 0.3) is 0 Å². The number of halogens is 1. The van der Waals surface area contributed by atoms with Crippen LogP contribution in [0.3, 0.4) is 0 Å². The number of rotatable bonds is 9. The monoisotopic (exact) mass is 462 g/mol. The molecule has 3 N–H and O–H groups in total. The average Bonchev–Trinajstić information content (AvgIpc) is 3.45. The Hall–Kier alpha value is -1.71. The van der Waals surface area contributed by atoms with Crippen LogP contribution in [0.5, 0.6) is 11.5 Å². The molecule has 0 radical (unpaired) electrons. The highest BCUT2D eigenvalue weighted by Crippen LogP contribution is 2.28. The predicted octanol–water partition coefficient (Wildman–Crippen LogP) is 1.38. The van der Waals surface area contributed by atoms with Gasteiger partial charge in [0.1, 0.15) is 18.1 Å². The molecule has 25 heavy (non-hydrogen) atoms. The second-order valence-electron chi connectivity index (χ2n) is 5.52. The molecular weight excluding hydrogens is 435 g/mol. The van der Waals surface area contributed by atoms with Crippen LogP contribution in [0, 0.1) is 5.92 Å². The van der Waals surface area contributed by atoms with Crippen molar-refractivity contribution < 1.29 is 14.3 Å². The largest absolute Gasteiger partial charge is 0.497 e. The summed E-state index contributed by atoms with van der Waals surface area (Å²) in [6, 6.07) is 7.46. The standard InChI is InChI=1S/C17H26N4O3.HI/c1-18-17(20-10-9-19-16(22)13-3-4-13)21-11-12-24-15-7-5-14(23-2)6-8-15;/h5-8,13H,3-4,9-12H2,1-2H3,(H,19,22)(H2,18,20,21);1H. The Kier molecular flexibility index (Phi) is 10.0. The summed E-state index contributed by atoms with van der Waals surface area (Å²) in [6.45, 7) is 2.38.